The Bertz CT molecular complexity index is 642. The Kier molecular flexibility index (Phi) is 4.54. The van der Waals surface area contributed by atoms with Crippen LogP contribution >= 0.6 is 11.3 Å². The third-order valence-electron chi connectivity index (χ3n) is 3.04. The molecule has 1 N–H and O–H groups in total. The number of amides is 1. The lowest BCUT2D eigenvalue weighted by atomic mass is 10.1. The van der Waals surface area contributed by atoms with Gasteiger partial charge in [-0.05, 0) is 42.7 Å². The maximum absolute atomic E-state index is 12.0. The number of rotatable bonds is 3. The largest absolute Gasteiger partial charge is 0.444 e. The minimum absolute atomic E-state index is 0.0331. The average Bonchev–Trinajstić information content (AvgIpc) is 2.80. The summed E-state index contributed by atoms with van der Waals surface area (Å²) >= 11 is 1.59. The van der Waals surface area contributed by atoms with E-state index in [4.69, 9.17) is 4.74 Å². The van der Waals surface area contributed by atoms with Crippen LogP contribution in [-0.2, 0) is 17.9 Å². The second-order valence-corrected chi connectivity index (χ2v) is 6.93. The number of hydrogen-bond donors (Lipinski definition) is 1. The topological polar surface area (TPSA) is 49.8 Å². The standard InChI is InChI=1S/C16H21NO3S/c1-16(2,3)20-15(19)17(4)8-11-6-5-7-13-12(9-18)10-21-14(11)13/h5-7,10,18H,8-9H2,1-4H3. The first-order valence-corrected chi connectivity index (χ1v) is 7.72. The fourth-order valence-electron chi connectivity index (χ4n) is 2.08. The van der Waals surface area contributed by atoms with Gasteiger partial charge in [-0.25, -0.2) is 4.79 Å². The van der Waals surface area contributed by atoms with Crippen molar-refractivity contribution in [3.63, 3.8) is 0 Å². The fourth-order valence-corrected chi connectivity index (χ4v) is 3.15. The number of thiophene rings is 1. The molecule has 2 aromatic rings. The van der Waals surface area contributed by atoms with E-state index in [2.05, 4.69) is 0 Å². The van der Waals surface area contributed by atoms with Crippen molar-refractivity contribution in [1.82, 2.24) is 4.90 Å². The maximum Gasteiger partial charge on any atom is 0.410 e. The maximum atomic E-state index is 12.0. The molecule has 0 radical (unpaired) electrons. The van der Waals surface area contributed by atoms with Gasteiger partial charge < -0.3 is 14.7 Å². The number of aliphatic hydroxyl groups is 1. The quantitative estimate of drug-likeness (QED) is 0.939. The zero-order valence-corrected chi connectivity index (χ0v) is 13.7. The molecule has 114 valence electrons. The number of aliphatic hydroxyl groups excluding tert-OH is 1. The third kappa shape index (κ3) is 3.74. The van der Waals surface area contributed by atoms with Crippen molar-refractivity contribution in [2.75, 3.05) is 7.05 Å². The highest BCUT2D eigenvalue weighted by Gasteiger charge is 2.20. The van der Waals surface area contributed by atoms with Crippen LogP contribution in [0.4, 0.5) is 4.79 Å². The lowest BCUT2D eigenvalue weighted by molar-refractivity contribution is 0.0286. The van der Waals surface area contributed by atoms with Crippen LogP contribution in [0.1, 0.15) is 31.9 Å². The monoisotopic (exact) mass is 307 g/mol. The van der Waals surface area contributed by atoms with Crippen molar-refractivity contribution in [2.24, 2.45) is 0 Å². The Labute approximate surface area is 129 Å². The molecule has 0 aliphatic carbocycles. The molecule has 2 rings (SSSR count). The molecule has 0 spiro atoms. The molecule has 5 heteroatoms. The Morgan fingerprint density at radius 3 is 2.67 bits per heavy atom. The summed E-state index contributed by atoms with van der Waals surface area (Å²) in [4.78, 5) is 13.6. The van der Waals surface area contributed by atoms with E-state index in [0.29, 0.717) is 6.54 Å². The molecule has 0 aliphatic heterocycles. The first kappa shape index (κ1) is 15.8. The molecule has 1 amide bonds. The SMILES string of the molecule is CN(Cc1cccc2c(CO)csc12)C(=O)OC(C)(C)C. The molecule has 21 heavy (non-hydrogen) atoms. The summed E-state index contributed by atoms with van der Waals surface area (Å²) < 4.78 is 6.47. The number of ether oxygens (including phenoxy) is 1. The number of benzene rings is 1. The molecule has 1 aromatic carbocycles. The summed E-state index contributed by atoms with van der Waals surface area (Å²) in [5.74, 6) is 0. The Hall–Kier alpha value is -1.59. The summed E-state index contributed by atoms with van der Waals surface area (Å²) in [5.41, 5.74) is 1.49. The first-order chi connectivity index (χ1) is 9.81. The van der Waals surface area contributed by atoms with Gasteiger partial charge in [0, 0.05) is 11.7 Å². The van der Waals surface area contributed by atoms with E-state index in [-0.39, 0.29) is 12.7 Å². The Morgan fingerprint density at radius 1 is 1.33 bits per heavy atom. The molecule has 1 aromatic heterocycles. The van der Waals surface area contributed by atoms with Crippen molar-refractivity contribution in [2.45, 2.75) is 39.5 Å². The normalized spacial score (nSPS) is 11.7. The van der Waals surface area contributed by atoms with E-state index < -0.39 is 5.60 Å². The van der Waals surface area contributed by atoms with Crippen LogP contribution in [0.3, 0.4) is 0 Å². The van der Waals surface area contributed by atoms with Gasteiger partial charge in [0.05, 0.1) is 13.2 Å². The van der Waals surface area contributed by atoms with Crippen LogP contribution in [0.5, 0.6) is 0 Å². The smallest absolute Gasteiger partial charge is 0.410 e. The van der Waals surface area contributed by atoms with Crippen molar-refractivity contribution in [1.29, 1.82) is 0 Å². The highest BCUT2D eigenvalue weighted by molar-refractivity contribution is 7.17. The summed E-state index contributed by atoms with van der Waals surface area (Å²) in [6.07, 6.45) is -0.335. The lowest BCUT2D eigenvalue weighted by Gasteiger charge is -2.24. The van der Waals surface area contributed by atoms with E-state index >= 15 is 0 Å². The van der Waals surface area contributed by atoms with Crippen LogP contribution in [0.15, 0.2) is 23.6 Å². The van der Waals surface area contributed by atoms with Gasteiger partial charge in [-0.2, -0.15) is 0 Å². The number of carbonyl (C=O) groups excluding carboxylic acids is 1. The molecular formula is C16H21NO3S. The summed E-state index contributed by atoms with van der Waals surface area (Å²) in [6, 6.07) is 5.95. The Morgan fingerprint density at radius 2 is 2.05 bits per heavy atom. The van der Waals surface area contributed by atoms with E-state index in [1.807, 2.05) is 44.4 Å². The zero-order chi connectivity index (χ0) is 15.6. The van der Waals surface area contributed by atoms with Gasteiger partial charge in [-0.15, -0.1) is 11.3 Å². The van der Waals surface area contributed by atoms with Crippen molar-refractivity contribution in [3.8, 4) is 0 Å². The van der Waals surface area contributed by atoms with Crippen LogP contribution in [0.25, 0.3) is 10.1 Å². The molecule has 1 heterocycles. The second kappa shape index (κ2) is 6.03. The van der Waals surface area contributed by atoms with Crippen LogP contribution in [-0.4, -0.2) is 28.7 Å². The van der Waals surface area contributed by atoms with Gasteiger partial charge in [0.25, 0.3) is 0 Å². The number of hydrogen-bond acceptors (Lipinski definition) is 4. The molecule has 0 fully saturated rings. The van der Waals surface area contributed by atoms with Gasteiger partial charge in [0.15, 0.2) is 0 Å². The summed E-state index contributed by atoms with van der Waals surface area (Å²) in [7, 11) is 1.73. The van der Waals surface area contributed by atoms with Crippen LogP contribution in [0.2, 0.25) is 0 Å². The molecule has 0 bridgehead atoms. The predicted molar refractivity (Wildman–Crippen MR) is 85.4 cm³/mol. The van der Waals surface area contributed by atoms with Gasteiger partial charge in [0.1, 0.15) is 5.60 Å². The number of fused-ring (bicyclic) bond motifs is 1. The highest BCUT2D eigenvalue weighted by atomic mass is 32.1. The van der Waals surface area contributed by atoms with Crippen molar-refractivity contribution in [3.05, 3.63) is 34.7 Å². The predicted octanol–water partition coefficient (Wildman–Crippen LogP) is 3.76. The van der Waals surface area contributed by atoms with Crippen LogP contribution in [0, 0.1) is 0 Å². The van der Waals surface area contributed by atoms with Crippen molar-refractivity contribution >= 4 is 27.5 Å². The highest BCUT2D eigenvalue weighted by Crippen LogP contribution is 2.30. The molecule has 4 nitrogen and oxygen atoms in total. The van der Waals surface area contributed by atoms with Gasteiger partial charge in [0.2, 0.25) is 0 Å². The van der Waals surface area contributed by atoms with E-state index in [0.717, 1.165) is 21.2 Å². The average molecular weight is 307 g/mol. The van der Waals surface area contributed by atoms with E-state index in [1.165, 1.54) is 0 Å². The summed E-state index contributed by atoms with van der Waals surface area (Å²) in [5, 5.41) is 12.3. The minimum Gasteiger partial charge on any atom is -0.444 e. The van der Waals surface area contributed by atoms with E-state index in [9.17, 15) is 9.90 Å². The van der Waals surface area contributed by atoms with Crippen molar-refractivity contribution < 1.29 is 14.6 Å². The minimum atomic E-state index is -0.496. The van der Waals surface area contributed by atoms with E-state index in [1.54, 1.807) is 23.3 Å². The molecule has 0 aliphatic rings. The van der Waals surface area contributed by atoms with Gasteiger partial charge in [-0.3, -0.25) is 0 Å². The van der Waals surface area contributed by atoms with Gasteiger partial charge >= 0.3 is 6.09 Å². The lowest BCUT2D eigenvalue weighted by Crippen LogP contribution is -2.33. The Balaban J connectivity index is 2.20. The molecule has 0 saturated carbocycles. The van der Waals surface area contributed by atoms with Gasteiger partial charge in [-0.1, -0.05) is 18.2 Å². The molecule has 0 unspecified atom stereocenters. The fraction of sp³-hybridized carbons (Fsp3) is 0.438. The zero-order valence-electron chi connectivity index (χ0n) is 12.8. The van der Waals surface area contributed by atoms with Crippen LogP contribution < -0.4 is 0 Å². The summed E-state index contributed by atoms with van der Waals surface area (Å²) in [6.45, 7) is 6.08. The third-order valence-corrected chi connectivity index (χ3v) is 4.16. The number of nitrogens with zero attached hydrogens (tertiary/aromatic N) is 1. The first-order valence-electron chi connectivity index (χ1n) is 6.85. The molecule has 0 atom stereocenters. The molecule has 0 saturated heterocycles. The number of carbonyl (C=O) groups is 1. The second-order valence-electron chi connectivity index (χ2n) is 6.05. The molecular weight excluding hydrogens is 286 g/mol.